The standard InChI is InChI=1S/C22H38N2O/c1-6-11-19(4)17-24(15-10-14-22(25)16-23)18-20(5)12-9-13-21(7-2)8-3/h7,10,15-17,20-21,23H,2,6,8-9,11-14,18H2,1,3-5H3/b15-10+,19-17?,23-16?. The van der Waals surface area contributed by atoms with E-state index in [0.717, 1.165) is 25.6 Å². The quantitative estimate of drug-likeness (QED) is 0.286. The number of carbonyl (C=O) groups is 1. The molecule has 3 nitrogen and oxygen atoms in total. The van der Waals surface area contributed by atoms with Crippen molar-refractivity contribution in [3.8, 4) is 0 Å². The first-order valence-electron chi connectivity index (χ1n) is 9.72. The van der Waals surface area contributed by atoms with Crippen LogP contribution >= 0.6 is 0 Å². The van der Waals surface area contributed by atoms with Gasteiger partial charge in [-0.05, 0) is 50.6 Å². The molecular weight excluding hydrogens is 308 g/mol. The molecule has 0 radical (unpaired) electrons. The maximum absolute atomic E-state index is 11.3. The van der Waals surface area contributed by atoms with E-state index in [1.165, 1.54) is 31.3 Å². The third-order valence-electron chi connectivity index (χ3n) is 4.46. The van der Waals surface area contributed by atoms with Gasteiger partial charge >= 0.3 is 0 Å². The fourth-order valence-electron chi connectivity index (χ4n) is 2.93. The second-order valence-electron chi connectivity index (χ2n) is 7.06. The van der Waals surface area contributed by atoms with Gasteiger partial charge in [-0.2, -0.15) is 0 Å². The lowest BCUT2D eigenvalue weighted by atomic mass is 9.95. The predicted molar refractivity (Wildman–Crippen MR) is 110 cm³/mol. The monoisotopic (exact) mass is 346 g/mol. The molecule has 0 spiro atoms. The van der Waals surface area contributed by atoms with Crippen LogP contribution in [0.3, 0.4) is 0 Å². The molecular formula is C22H38N2O. The van der Waals surface area contributed by atoms with Crippen LogP contribution in [0.4, 0.5) is 0 Å². The number of allylic oxidation sites excluding steroid dienone is 3. The van der Waals surface area contributed by atoms with Crippen LogP contribution in [0.1, 0.15) is 72.6 Å². The average molecular weight is 347 g/mol. The van der Waals surface area contributed by atoms with Crippen molar-refractivity contribution in [2.24, 2.45) is 11.8 Å². The summed E-state index contributed by atoms with van der Waals surface area (Å²) in [5, 5.41) is 6.98. The van der Waals surface area contributed by atoms with Crippen molar-refractivity contribution in [3.63, 3.8) is 0 Å². The van der Waals surface area contributed by atoms with Crippen LogP contribution in [-0.4, -0.2) is 23.4 Å². The van der Waals surface area contributed by atoms with Crippen LogP contribution < -0.4 is 0 Å². The van der Waals surface area contributed by atoms with Gasteiger partial charge in [0.25, 0.3) is 0 Å². The lowest BCUT2D eigenvalue weighted by Crippen LogP contribution is -2.19. The maximum atomic E-state index is 11.3. The maximum Gasteiger partial charge on any atom is 0.176 e. The van der Waals surface area contributed by atoms with Gasteiger partial charge in [0.2, 0.25) is 0 Å². The molecule has 0 heterocycles. The fraction of sp³-hybridized carbons (Fsp3) is 0.636. The summed E-state index contributed by atoms with van der Waals surface area (Å²) in [4.78, 5) is 13.5. The van der Waals surface area contributed by atoms with Gasteiger partial charge in [-0.15, -0.1) is 6.58 Å². The summed E-state index contributed by atoms with van der Waals surface area (Å²) < 4.78 is 0. The van der Waals surface area contributed by atoms with Crippen molar-refractivity contribution in [1.29, 1.82) is 5.41 Å². The molecule has 0 aromatic rings. The number of nitrogens with one attached hydrogen (secondary N) is 1. The highest BCUT2D eigenvalue weighted by atomic mass is 16.1. The SMILES string of the molecule is C=CC(CC)CCCC(C)CN(C=C(C)CCC)/C=C/CC(=O)C=N. The van der Waals surface area contributed by atoms with E-state index in [4.69, 9.17) is 5.41 Å². The molecule has 3 heteroatoms. The van der Waals surface area contributed by atoms with Gasteiger partial charge in [-0.3, -0.25) is 4.79 Å². The van der Waals surface area contributed by atoms with Crippen LogP contribution in [0.2, 0.25) is 0 Å². The molecule has 2 atom stereocenters. The first-order chi connectivity index (χ1) is 12.0. The molecule has 142 valence electrons. The molecule has 0 aliphatic carbocycles. The van der Waals surface area contributed by atoms with E-state index in [1.807, 2.05) is 12.3 Å². The molecule has 0 aromatic heterocycles. The number of carbonyl (C=O) groups excluding carboxylic acids is 1. The number of rotatable bonds is 15. The third kappa shape index (κ3) is 12.4. The molecule has 25 heavy (non-hydrogen) atoms. The van der Waals surface area contributed by atoms with E-state index in [-0.39, 0.29) is 5.78 Å². The van der Waals surface area contributed by atoms with E-state index in [9.17, 15) is 4.79 Å². The van der Waals surface area contributed by atoms with E-state index in [2.05, 4.69) is 51.4 Å². The van der Waals surface area contributed by atoms with Crippen molar-refractivity contribution in [3.05, 3.63) is 36.7 Å². The minimum Gasteiger partial charge on any atom is -0.354 e. The Hall–Kier alpha value is -1.64. The second kappa shape index (κ2) is 14.7. The van der Waals surface area contributed by atoms with Crippen molar-refractivity contribution >= 4 is 12.0 Å². The number of hydrogen-bond donors (Lipinski definition) is 1. The van der Waals surface area contributed by atoms with Gasteiger partial charge in [-0.25, -0.2) is 0 Å². The molecule has 0 aliphatic heterocycles. The summed E-state index contributed by atoms with van der Waals surface area (Å²) in [6.07, 6.45) is 16.4. The molecule has 0 aliphatic rings. The van der Waals surface area contributed by atoms with Crippen LogP contribution in [-0.2, 0) is 4.79 Å². The lowest BCUT2D eigenvalue weighted by Gasteiger charge is -2.22. The van der Waals surface area contributed by atoms with Gasteiger partial charge in [0.1, 0.15) is 0 Å². The van der Waals surface area contributed by atoms with E-state index < -0.39 is 0 Å². The smallest absolute Gasteiger partial charge is 0.176 e. The minimum atomic E-state index is -0.159. The Morgan fingerprint density at radius 3 is 2.56 bits per heavy atom. The molecule has 0 saturated carbocycles. The molecule has 0 aromatic carbocycles. The summed E-state index contributed by atoms with van der Waals surface area (Å²) in [6, 6.07) is 0. The molecule has 2 unspecified atom stereocenters. The second-order valence-corrected chi connectivity index (χ2v) is 7.06. The topological polar surface area (TPSA) is 44.2 Å². The number of hydrogen-bond acceptors (Lipinski definition) is 3. The van der Waals surface area contributed by atoms with Crippen LogP contribution in [0, 0.1) is 17.2 Å². The number of Topliss-reactive ketones (excluding diaryl/α,β-unsaturated/α-hetero) is 1. The predicted octanol–water partition coefficient (Wildman–Crippen LogP) is 6.13. The van der Waals surface area contributed by atoms with Crippen molar-refractivity contribution in [2.45, 2.75) is 72.6 Å². The first kappa shape index (κ1) is 23.4. The van der Waals surface area contributed by atoms with Gasteiger partial charge < -0.3 is 10.3 Å². The largest absolute Gasteiger partial charge is 0.354 e. The van der Waals surface area contributed by atoms with Crippen molar-refractivity contribution < 1.29 is 4.79 Å². The number of nitrogens with zero attached hydrogens (tertiary/aromatic N) is 1. The van der Waals surface area contributed by atoms with Crippen LogP contribution in [0.15, 0.2) is 36.7 Å². The molecule has 1 N–H and O–H groups in total. The highest BCUT2D eigenvalue weighted by Crippen LogP contribution is 2.18. The van der Waals surface area contributed by atoms with E-state index in [0.29, 0.717) is 18.3 Å². The Morgan fingerprint density at radius 2 is 2.00 bits per heavy atom. The van der Waals surface area contributed by atoms with Crippen LogP contribution in [0.5, 0.6) is 0 Å². The Bertz CT molecular complexity index is 451. The average Bonchev–Trinajstić information content (AvgIpc) is 2.58. The highest BCUT2D eigenvalue weighted by Gasteiger charge is 2.08. The van der Waals surface area contributed by atoms with E-state index >= 15 is 0 Å². The normalized spacial score (nSPS) is 14.3. The van der Waals surface area contributed by atoms with Gasteiger partial charge in [0.05, 0.1) is 6.21 Å². The van der Waals surface area contributed by atoms with Gasteiger partial charge in [0.15, 0.2) is 5.78 Å². The summed E-state index contributed by atoms with van der Waals surface area (Å²) in [5.41, 5.74) is 1.36. The first-order valence-corrected chi connectivity index (χ1v) is 9.72. The minimum absolute atomic E-state index is 0.159. The summed E-state index contributed by atoms with van der Waals surface area (Å²) in [6.45, 7) is 13.7. The van der Waals surface area contributed by atoms with Gasteiger partial charge in [-0.1, -0.05) is 51.3 Å². The highest BCUT2D eigenvalue weighted by molar-refractivity contribution is 6.26. The zero-order chi connectivity index (χ0) is 19.1. The Kier molecular flexibility index (Phi) is 13.7. The zero-order valence-corrected chi connectivity index (χ0v) is 16.8. The third-order valence-corrected chi connectivity index (χ3v) is 4.46. The van der Waals surface area contributed by atoms with E-state index in [1.54, 1.807) is 0 Å². The molecule has 0 fully saturated rings. The number of ketones is 1. The van der Waals surface area contributed by atoms with Crippen molar-refractivity contribution in [2.75, 3.05) is 6.54 Å². The Morgan fingerprint density at radius 1 is 1.28 bits per heavy atom. The summed E-state index contributed by atoms with van der Waals surface area (Å²) in [5.74, 6) is 1.08. The fourth-order valence-corrected chi connectivity index (χ4v) is 2.93. The Balaban J connectivity index is 4.63. The molecule has 0 saturated heterocycles. The lowest BCUT2D eigenvalue weighted by molar-refractivity contribution is -0.111. The van der Waals surface area contributed by atoms with Crippen LogP contribution in [0.25, 0.3) is 0 Å². The van der Waals surface area contributed by atoms with Gasteiger partial charge in [0, 0.05) is 19.2 Å². The zero-order valence-electron chi connectivity index (χ0n) is 16.8. The summed E-state index contributed by atoms with van der Waals surface area (Å²) >= 11 is 0. The Labute approximate surface area is 155 Å². The van der Waals surface area contributed by atoms with Crippen molar-refractivity contribution in [1.82, 2.24) is 4.90 Å². The molecule has 0 rings (SSSR count). The molecule has 0 amide bonds. The summed E-state index contributed by atoms with van der Waals surface area (Å²) in [7, 11) is 0. The molecule has 0 bridgehead atoms.